The van der Waals surface area contributed by atoms with E-state index in [2.05, 4.69) is 76.2 Å². The van der Waals surface area contributed by atoms with Gasteiger partial charge < -0.3 is 0 Å². The minimum absolute atomic E-state index is 0.264. The van der Waals surface area contributed by atoms with Crippen molar-refractivity contribution in [3.8, 4) is 11.5 Å². The van der Waals surface area contributed by atoms with Crippen molar-refractivity contribution in [2.45, 2.75) is 66.2 Å². The molecule has 1 atom stereocenters. The predicted molar refractivity (Wildman–Crippen MR) is 119 cm³/mol. The van der Waals surface area contributed by atoms with Gasteiger partial charge in [-0.25, -0.2) is 0 Å². The van der Waals surface area contributed by atoms with E-state index in [9.17, 15) is 0 Å². The quantitative estimate of drug-likeness (QED) is 0.355. The second-order valence-electron chi connectivity index (χ2n) is 7.70. The first-order valence-corrected chi connectivity index (χ1v) is 13.4. The van der Waals surface area contributed by atoms with Gasteiger partial charge in [-0.05, 0) is 0 Å². The maximum atomic E-state index is 6.41. The van der Waals surface area contributed by atoms with E-state index in [-0.39, 0.29) is 21.2 Å². The van der Waals surface area contributed by atoms with Crippen molar-refractivity contribution in [2.24, 2.45) is 11.8 Å². The third kappa shape index (κ3) is 8.57. The Morgan fingerprint density at radius 3 is 2.14 bits per heavy atom. The number of ether oxygens (including phenoxy) is 2. The fourth-order valence-corrected chi connectivity index (χ4v) is 5.58. The van der Waals surface area contributed by atoms with Crippen molar-refractivity contribution < 1.29 is 30.7 Å². The molecule has 0 aliphatic carbocycles. The average Bonchev–Trinajstić information content (AvgIpc) is 2.76. The Morgan fingerprint density at radius 1 is 0.793 bits per heavy atom. The third-order valence-electron chi connectivity index (χ3n) is 5.50. The fourth-order valence-electron chi connectivity index (χ4n) is 3.20. The van der Waals surface area contributed by atoms with Crippen molar-refractivity contribution >= 4 is 0 Å². The summed E-state index contributed by atoms with van der Waals surface area (Å²) in [6.45, 7) is 10.6. The summed E-state index contributed by atoms with van der Waals surface area (Å²) in [6.07, 6.45) is 7.28. The van der Waals surface area contributed by atoms with Crippen LogP contribution in [0.5, 0.6) is 11.5 Å². The molecule has 0 fully saturated rings. The summed E-state index contributed by atoms with van der Waals surface area (Å²) in [5, 5.41) is 0. The van der Waals surface area contributed by atoms with Crippen molar-refractivity contribution in [2.75, 3.05) is 13.2 Å². The van der Waals surface area contributed by atoms with Crippen LogP contribution in [0.1, 0.15) is 66.2 Å². The number of hydrogen-bond donors (Lipinski definition) is 0. The summed E-state index contributed by atoms with van der Waals surface area (Å²) in [5.41, 5.74) is 0. The topological polar surface area (TPSA) is 18.5 Å². The summed E-state index contributed by atoms with van der Waals surface area (Å²) >= 11 is -0.264. The summed E-state index contributed by atoms with van der Waals surface area (Å²) in [7, 11) is 0. The molecule has 2 aromatic rings. The molecule has 0 aliphatic heterocycles. The van der Waals surface area contributed by atoms with Gasteiger partial charge in [-0.15, -0.1) is 0 Å². The van der Waals surface area contributed by atoms with E-state index >= 15 is 0 Å². The molecular weight excluding hydrogens is 471 g/mol. The molecule has 0 saturated carbocycles. The van der Waals surface area contributed by atoms with Crippen LogP contribution in [0.15, 0.2) is 48.5 Å². The van der Waals surface area contributed by atoms with Crippen LogP contribution in [0.2, 0.25) is 0 Å². The SMILES string of the molecule is CCCCC(CC)COc1cc(OCC(CC)CC)ccc1[I-]c1ccccc1. The molecule has 0 radical (unpaired) electrons. The van der Waals surface area contributed by atoms with E-state index in [1.165, 1.54) is 32.8 Å². The molecule has 2 nitrogen and oxygen atoms in total. The van der Waals surface area contributed by atoms with Crippen molar-refractivity contribution in [3.63, 3.8) is 0 Å². The van der Waals surface area contributed by atoms with Crippen molar-refractivity contribution in [3.05, 3.63) is 55.7 Å². The molecule has 0 bridgehead atoms. The fraction of sp³-hybridized carbons (Fsp3) is 0.538. The number of rotatable bonds is 14. The second-order valence-corrected chi connectivity index (χ2v) is 10.7. The normalized spacial score (nSPS) is 12.3. The van der Waals surface area contributed by atoms with Gasteiger partial charge in [0.2, 0.25) is 0 Å². The molecule has 2 rings (SSSR count). The van der Waals surface area contributed by atoms with Gasteiger partial charge in [0.15, 0.2) is 0 Å². The zero-order valence-corrected chi connectivity index (χ0v) is 20.8. The summed E-state index contributed by atoms with van der Waals surface area (Å²) < 4.78 is 15.3. The zero-order valence-electron chi connectivity index (χ0n) is 18.6. The first-order chi connectivity index (χ1) is 14.2. The molecule has 0 aromatic heterocycles. The Bertz CT molecular complexity index is 682. The van der Waals surface area contributed by atoms with E-state index in [4.69, 9.17) is 9.47 Å². The molecule has 0 aliphatic rings. The van der Waals surface area contributed by atoms with Gasteiger partial charge in [-0.3, -0.25) is 0 Å². The number of benzene rings is 2. The van der Waals surface area contributed by atoms with Gasteiger partial charge in [-0.1, -0.05) is 0 Å². The van der Waals surface area contributed by atoms with Crippen LogP contribution < -0.4 is 30.7 Å². The van der Waals surface area contributed by atoms with Crippen molar-refractivity contribution in [1.29, 1.82) is 0 Å². The maximum absolute atomic E-state index is 6.41. The van der Waals surface area contributed by atoms with E-state index in [0.717, 1.165) is 37.6 Å². The molecule has 0 heterocycles. The third-order valence-corrected chi connectivity index (χ3v) is 8.32. The van der Waals surface area contributed by atoms with Crippen LogP contribution in [-0.4, -0.2) is 13.2 Å². The Balaban J connectivity index is 2.13. The summed E-state index contributed by atoms with van der Waals surface area (Å²) in [6, 6.07) is 17.3. The Hall–Kier alpha value is -1.23. The van der Waals surface area contributed by atoms with Crippen LogP contribution >= 0.6 is 0 Å². The average molecular weight is 509 g/mol. The monoisotopic (exact) mass is 509 g/mol. The van der Waals surface area contributed by atoms with Gasteiger partial charge >= 0.3 is 189 Å². The van der Waals surface area contributed by atoms with Gasteiger partial charge in [0.05, 0.1) is 0 Å². The second kappa shape index (κ2) is 13.9. The van der Waals surface area contributed by atoms with Gasteiger partial charge in [0.25, 0.3) is 0 Å². The molecule has 2 aromatic carbocycles. The number of halogens is 1. The molecule has 1 unspecified atom stereocenters. The Labute approximate surface area is 188 Å². The molecule has 29 heavy (non-hydrogen) atoms. The molecule has 0 amide bonds. The Kier molecular flexibility index (Phi) is 11.5. The van der Waals surface area contributed by atoms with Crippen LogP contribution in [0, 0.1) is 19.0 Å². The van der Waals surface area contributed by atoms with E-state index in [0.29, 0.717) is 11.8 Å². The minimum atomic E-state index is -0.264. The predicted octanol–water partition coefficient (Wildman–Crippen LogP) is 4.23. The van der Waals surface area contributed by atoms with Crippen molar-refractivity contribution in [1.82, 2.24) is 0 Å². The van der Waals surface area contributed by atoms with Crippen LogP contribution in [-0.2, 0) is 0 Å². The molecule has 3 heteroatoms. The molecular formula is C26H38IO2-. The van der Waals surface area contributed by atoms with Gasteiger partial charge in [0, 0.05) is 0 Å². The Morgan fingerprint density at radius 2 is 1.48 bits per heavy atom. The van der Waals surface area contributed by atoms with E-state index in [1.807, 2.05) is 0 Å². The molecule has 162 valence electrons. The summed E-state index contributed by atoms with van der Waals surface area (Å²) in [5.74, 6) is 3.22. The zero-order chi connectivity index (χ0) is 20.9. The van der Waals surface area contributed by atoms with Gasteiger partial charge in [-0.2, -0.15) is 0 Å². The molecule has 0 spiro atoms. The first kappa shape index (κ1) is 24.0. The standard InChI is InChI=1S/C26H38IO2/c1-5-9-13-22(8-4)20-29-26-18-24(28-19-21(6-2)7-3)16-17-25(26)27-23-14-11-10-12-15-23/h10-12,14-18,21-22H,5-9,13,19-20H2,1-4H3/q-1. The summed E-state index contributed by atoms with van der Waals surface area (Å²) in [4.78, 5) is 0. The van der Waals surface area contributed by atoms with E-state index in [1.54, 1.807) is 0 Å². The van der Waals surface area contributed by atoms with Crippen LogP contribution in [0.3, 0.4) is 0 Å². The first-order valence-electron chi connectivity index (χ1n) is 11.3. The number of hydrogen-bond acceptors (Lipinski definition) is 2. The molecule has 0 saturated heterocycles. The van der Waals surface area contributed by atoms with E-state index < -0.39 is 0 Å². The van der Waals surface area contributed by atoms with Crippen LogP contribution in [0.25, 0.3) is 0 Å². The number of unbranched alkanes of at least 4 members (excludes halogenated alkanes) is 1. The molecule has 0 N–H and O–H groups in total. The van der Waals surface area contributed by atoms with Gasteiger partial charge in [0.1, 0.15) is 0 Å². The van der Waals surface area contributed by atoms with Crippen LogP contribution in [0.4, 0.5) is 0 Å².